The molecule has 0 fully saturated rings. The average molecular weight is 350 g/mol. The normalized spacial score (nSPS) is 10.6. The lowest BCUT2D eigenvalue weighted by Crippen LogP contribution is -2.14. The van der Waals surface area contributed by atoms with Gasteiger partial charge in [-0.1, -0.05) is 35.3 Å². The van der Waals surface area contributed by atoms with Gasteiger partial charge in [0.2, 0.25) is 0 Å². The maximum absolute atomic E-state index is 13.4. The van der Waals surface area contributed by atoms with Crippen LogP contribution in [0.15, 0.2) is 36.4 Å². The van der Waals surface area contributed by atoms with Crippen molar-refractivity contribution in [1.82, 2.24) is 0 Å². The minimum Gasteiger partial charge on any atom is -0.433 e. The summed E-state index contributed by atoms with van der Waals surface area (Å²) in [7, 11) is 0. The zero-order valence-corrected chi connectivity index (χ0v) is 12.3. The molecule has 22 heavy (non-hydrogen) atoms. The Bertz CT molecular complexity index is 710. The number of carbonyl (C=O) groups is 1. The molecule has 2 rings (SSSR count). The van der Waals surface area contributed by atoms with E-state index in [2.05, 4.69) is 10.1 Å². The summed E-state index contributed by atoms with van der Waals surface area (Å²) in [4.78, 5) is 12.1. The molecule has 0 heterocycles. The van der Waals surface area contributed by atoms with Crippen molar-refractivity contribution >= 4 is 34.8 Å². The lowest BCUT2D eigenvalue weighted by Gasteiger charge is -2.12. The van der Waals surface area contributed by atoms with Gasteiger partial charge in [0.05, 0.1) is 21.3 Å². The third-order valence-electron chi connectivity index (χ3n) is 2.61. The van der Waals surface area contributed by atoms with Crippen LogP contribution in [0.2, 0.25) is 10.0 Å². The lowest BCUT2D eigenvalue weighted by molar-refractivity contribution is -0.0493. The predicted octanol–water partition coefficient (Wildman–Crippen LogP) is 4.99. The van der Waals surface area contributed by atoms with Crippen molar-refractivity contribution in [3.8, 4) is 5.75 Å². The molecule has 8 heteroatoms. The van der Waals surface area contributed by atoms with Crippen molar-refractivity contribution < 1.29 is 22.7 Å². The molecule has 2 aromatic carbocycles. The number of halogens is 5. The van der Waals surface area contributed by atoms with Crippen LogP contribution in [-0.2, 0) is 0 Å². The first kappa shape index (κ1) is 16.5. The van der Waals surface area contributed by atoms with Crippen molar-refractivity contribution in [1.29, 1.82) is 0 Å². The fraction of sp³-hybridized carbons (Fsp3) is 0.0714. The molecule has 0 aliphatic heterocycles. The molecule has 0 atom stereocenters. The van der Waals surface area contributed by atoms with Gasteiger partial charge in [-0.2, -0.15) is 8.78 Å². The Hall–Kier alpha value is -1.92. The number of alkyl halides is 2. The number of para-hydroxylation sites is 2. The molecule has 1 amide bonds. The van der Waals surface area contributed by atoms with Crippen molar-refractivity contribution in [3.05, 3.63) is 57.8 Å². The van der Waals surface area contributed by atoms with E-state index in [0.717, 1.165) is 12.1 Å². The zero-order chi connectivity index (χ0) is 16.3. The number of carbonyl (C=O) groups excluding carboxylic acids is 1. The smallest absolute Gasteiger partial charge is 0.387 e. The van der Waals surface area contributed by atoms with Crippen LogP contribution >= 0.6 is 23.2 Å². The molecule has 0 saturated heterocycles. The second kappa shape index (κ2) is 6.89. The number of benzene rings is 2. The summed E-state index contributed by atoms with van der Waals surface area (Å²) in [5.74, 6) is -1.84. The SMILES string of the molecule is O=C(Nc1ccccc1OC(F)F)c1cc(F)c(Cl)cc1Cl. The highest BCUT2D eigenvalue weighted by Crippen LogP contribution is 2.28. The van der Waals surface area contributed by atoms with Gasteiger partial charge in [0.25, 0.3) is 5.91 Å². The Balaban J connectivity index is 2.28. The first-order valence-corrected chi connectivity index (χ1v) is 6.64. The molecule has 3 nitrogen and oxygen atoms in total. The van der Waals surface area contributed by atoms with Crippen LogP contribution < -0.4 is 10.1 Å². The maximum Gasteiger partial charge on any atom is 0.387 e. The van der Waals surface area contributed by atoms with Crippen LogP contribution in [0.25, 0.3) is 0 Å². The molecule has 0 saturated carbocycles. The monoisotopic (exact) mass is 349 g/mol. The van der Waals surface area contributed by atoms with Gasteiger partial charge in [-0.25, -0.2) is 4.39 Å². The van der Waals surface area contributed by atoms with Crippen LogP contribution in [0.3, 0.4) is 0 Å². The van der Waals surface area contributed by atoms with E-state index < -0.39 is 18.3 Å². The van der Waals surface area contributed by atoms with Crippen molar-refractivity contribution in [2.75, 3.05) is 5.32 Å². The third kappa shape index (κ3) is 3.84. The van der Waals surface area contributed by atoms with Gasteiger partial charge in [-0.15, -0.1) is 0 Å². The van der Waals surface area contributed by atoms with Crippen molar-refractivity contribution in [3.63, 3.8) is 0 Å². The molecule has 2 aromatic rings. The summed E-state index contributed by atoms with van der Waals surface area (Å²) in [6.07, 6.45) is 0. The number of nitrogens with one attached hydrogen (secondary N) is 1. The van der Waals surface area contributed by atoms with E-state index in [4.69, 9.17) is 23.2 Å². The topological polar surface area (TPSA) is 38.3 Å². The van der Waals surface area contributed by atoms with Crippen LogP contribution in [-0.4, -0.2) is 12.5 Å². The fourth-order valence-corrected chi connectivity index (χ4v) is 2.12. The zero-order valence-electron chi connectivity index (χ0n) is 10.7. The third-order valence-corrected chi connectivity index (χ3v) is 3.21. The van der Waals surface area contributed by atoms with Crippen LogP contribution in [0, 0.1) is 5.82 Å². The number of hydrogen-bond donors (Lipinski definition) is 1. The molecular formula is C14H8Cl2F3NO2. The molecule has 116 valence electrons. The van der Waals surface area contributed by atoms with Gasteiger partial charge in [0.15, 0.2) is 0 Å². The van der Waals surface area contributed by atoms with E-state index in [9.17, 15) is 18.0 Å². The minimum atomic E-state index is -3.05. The standard InChI is InChI=1S/C14H8Cl2F3NO2/c15-8-6-9(16)10(17)5-7(8)13(21)20-11-3-1-2-4-12(11)22-14(18)19/h1-6,14H,(H,20,21). The maximum atomic E-state index is 13.4. The van der Waals surface area contributed by atoms with Gasteiger partial charge in [-0.3, -0.25) is 4.79 Å². The molecule has 1 N–H and O–H groups in total. The summed E-state index contributed by atoms with van der Waals surface area (Å²) < 4.78 is 42.3. The molecule has 0 spiro atoms. The average Bonchev–Trinajstić information content (AvgIpc) is 2.44. The van der Waals surface area contributed by atoms with E-state index in [1.54, 1.807) is 0 Å². The number of rotatable bonds is 4. The lowest BCUT2D eigenvalue weighted by atomic mass is 10.2. The number of amides is 1. The highest BCUT2D eigenvalue weighted by atomic mass is 35.5. The number of hydrogen-bond acceptors (Lipinski definition) is 2. The van der Waals surface area contributed by atoms with E-state index in [1.807, 2.05) is 0 Å². The number of ether oxygens (including phenoxy) is 1. The summed E-state index contributed by atoms with van der Waals surface area (Å²) in [5.41, 5.74) is -0.186. The van der Waals surface area contributed by atoms with Gasteiger partial charge >= 0.3 is 6.61 Å². The Morgan fingerprint density at radius 2 is 1.82 bits per heavy atom. The first-order valence-electron chi connectivity index (χ1n) is 5.88. The number of anilines is 1. The summed E-state index contributed by atoms with van der Waals surface area (Å²) in [5, 5.41) is 2.02. The molecule has 0 aromatic heterocycles. The van der Waals surface area contributed by atoms with Crippen molar-refractivity contribution in [2.24, 2.45) is 0 Å². The molecule has 0 aliphatic rings. The predicted molar refractivity (Wildman–Crippen MR) is 77.4 cm³/mol. The molecular weight excluding hydrogens is 342 g/mol. The van der Waals surface area contributed by atoms with E-state index in [1.165, 1.54) is 24.3 Å². The molecule has 0 aliphatic carbocycles. The van der Waals surface area contributed by atoms with Gasteiger partial charge in [0, 0.05) is 0 Å². The highest BCUT2D eigenvalue weighted by Gasteiger charge is 2.17. The molecule has 0 bridgehead atoms. The van der Waals surface area contributed by atoms with Crippen LogP contribution in [0.4, 0.5) is 18.9 Å². The van der Waals surface area contributed by atoms with E-state index in [0.29, 0.717) is 0 Å². The quantitative estimate of drug-likeness (QED) is 0.790. The van der Waals surface area contributed by atoms with Crippen LogP contribution in [0.5, 0.6) is 5.75 Å². The first-order chi connectivity index (χ1) is 10.4. The van der Waals surface area contributed by atoms with Gasteiger partial charge in [-0.05, 0) is 24.3 Å². The second-order valence-electron chi connectivity index (χ2n) is 4.07. The van der Waals surface area contributed by atoms with Crippen LogP contribution in [0.1, 0.15) is 10.4 Å². The Labute approximate surface area is 133 Å². The molecule has 0 radical (unpaired) electrons. The summed E-state index contributed by atoms with van der Waals surface area (Å²) in [6.45, 7) is -3.05. The second-order valence-corrected chi connectivity index (χ2v) is 4.89. The Morgan fingerprint density at radius 3 is 2.50 bits per heavy atom. The summed E-state index contributed by atoms with van der Waals surface area (Å²) in [6, 6.07) is 7.52. The largest absolute Gasteiger partial charge is 0.433 e. The highest BCUT2D eigenvalue weighted by molar-refractivity contribution is 6.37. The Morgan fingerprint density at radius 1 is 1.14 bits per heavy atom. The fourth-order valence-electron chi connectivity index (χ4n) is 1.65. The van der Waals surface area contributed by atoms with Gasteiger partial charge < -0.3 is 10.1 Å². The van der Waals surface area contributed by atoms with Crippen molar-refractivity contribution in [2.45, 2.75) is 6.61 Å². The van der Waals surface area contributed by atoms with Gasteiger partial charge in [0.1, 0.15) is 11.6 Å². The minimum absolute atomic E-state index is 0.000718. The molecule has 0 unspecified atom stereocenters. The summed E-state index contributed by atoms with van der Waals surface area (Å²) >= 11 is 11.4. The Kier molecular flexibility index (Phi) is 5.15. The van der Waals surface area contributed by atoms with E-state index >= 15 is 0 Å². The van der Waals surface area contributed by atoms with E-state index in [-0.39, 0.29) is 27.0 Å².